The molecule has 0 saturated carbocycles. The third kappa shape index (κ3) is 4.33. The van der Waals surface area contributed by atoms with Crippen molar-refractivity contribution >= 4 is 0 Å². The van der Waals surface area contributed by atoms with Crippen molar-refractivity contribution in [3.05, 3.63) is 18.0 Å². The van der Waals surface area contributed by atoms with E-state index in [9.17, 15) is 17.6 Å². The van der Waals surface area contributed by atoms with Crippen molar-refractivity contribution in [2.24, 2.45) is 0 Å². The number of aromatic nitrogens is 2. The molecule has 0 bridgehead atoms. The molecular formula is C10H15F4N3. The Morgan fingerprint density at radius 1 is 1.47 bits per heavy atom. The summed E-state index contributed by atoms with van der Waals surface area (Å²) in [6.07, 6.45) is 0.510. The van der Waals surface area contributed by atoms with Crippen molar-refractivity contribution in [3.63, 3.8) is 0 Å². The Bertz CT molecular complexity index is 338. The molecule has 0 aliphatic heterocycles. The molecule has 0 saturated heterocycles. The van der Waals surface area contributed by atoms with Crippen LogP contribution in [0.25, 0.3) is 0 Å². The molecule has 0 aliphatic rings. The Morgan fingerprint density at radius 3 is 2.76 bits per heavy atom. The van der Waals surface area contributed by atoms with E-state index in [-0.39, 0.29) is 6.54 Å². The molecule has 0 aromatic carbocycles. The molecule has 0 fully saturated rings. The summed E-state index contributed by atoms with van der Waals surface area (Å²) in [4.78, 5) is 0. The molecule has 7 heteroatoms. The van der Waals surface area contributed by atoms with E-state index in [2.05, 4.69) is 10.4 Å². The largest absolute Gasteiger partial charge is 0.319 e. The number of hydrogen-bond acceptors (Lipinski definition) is 2. The second-order valence-electron chi connectivity index (χ2n) is 3.78. The van der Waals surface area contributed by atoms with E-state index >= 15 is 0 Å². The van der Waals surface area contributed by atoms with Crippen LogP contribution < -0.4 is 5.32 Å². The van der Waals surface area contributed by atoms with Gasteiger partial charge in [0.25, 0.3) is 0 Å². The third-order valence-electron chi connectivity index (χ3n) is 2.15. The molecule has 1 heterocycles. The van der Waals surface area contributed by atoms with Crippen molar-refractivity contribution in [1.29, 1.82) is 0 Å². The standard InChI is InChI=1S/C10H15F4N3/c1-2-3-17-6-8(5-16-17)4-15-7-10(13,14)9(11)12/h5-6,9,15H,2-4,7H2,1H3. The highest BCUT2D eigenvalue weighted by Gasteiger charge is 2.39. The smallest absolute Gasteiger partial charge is 0.307 e. The fraction of sp³-hybridized carbons (Fsp3) is 0.700. The van der Waals surface area contributed by atoms with Crippen LogP contribution in [-0.4, -0.2) is 28.7 Å². The lowest BCUT2D eigenvalue weighted by Gasteiger charge is -2.15. The van der Waals surface area contributed by atoms with Gasteiger partial charge in [0.05, 0.1) is 12.7 Å². The Morgan fingerprint density at radius 2 is 2.18 bits per heavy atom. The van der Waals surface area contributed by atoms with Gasteiger partial charge < -0.3 is 5.32 Å². The van der Waals surface area contributed by atoms with Gasteiger partial charge >= 0.3 is 12.3 Å². The SMILES string of the molecule is CCCn1cc(CNCC(F)(F)C(F)F)cn1. The zero-order valence-corrected chi connectivity index (χ0v) is 9.47. The van der Waals surface area contributed by atoms with Crippen LogP contribution in [0.1, 0.15) is 18.9 Å². The van der Waals surface area contributed by atoms with E-state index in [1.54, 1.807) is 10.9 Å². The summed E-state index contributed by atoms with van der Waals surface area (Å²) in [5.41, 5.74) is 0.698. The van der Waals surface area contributed by atoms with Crippen LogP contribution in [0.2, 0.25) is 0 Å². The van der Waals surface area contributed by atoms with Crippen LogP contribution >= 0.6 is 0 Å². The highest BCUT2D eigenvalue weighted by atomic mass is 19.3. The molecule has 0 radical (unpaired) electrons. The maximum Gasteiger partial charge on any atom is 0.319 e. The third-order valence-corrected chi connectivity index (χ3v) is 2.15. The predicted molar refractivity (Wildman–Crippen MR) is 55.2 cm³/mol. The highest BCUT2D eigenvalue weighted by Crippen LogP contribution is 2.21. The first-order chi connectivity index (χ1) is 7.95. The molecule has 3 nitrogen and oxygen atoms in total. The Hall–Kier alpha value is -1.11. The lowest BCUT2D eigenvalue weighted by molar-refractivity contribution is -0.125. The topological polar surface area (TPSA) is 29.9 Å². The summed E-state index contributed by atoms with van der Waals surface area (Å²) in [6.45, 7) is 1.80. The number of nitrogens with one attached hydrogen (secondary N) is 1. The average molecular weight is 253 g/mol. The van der Waals surface area contributed by atoms with Crippen LogP contribution in [0.5, 0.6) is 0 Å². The maximum absolute atomic E-state index is 12.5. The average Bonchev–Trinajstić information content (AvgIpc) is 2.66. The molecule has 1 rings (SSSR count). The lowest BCUT2D eigenvalue weighted by Crippen LogP contribution is -2.38. The van der Waals surface area contributed by atoms with E-state index in [1.807, 2.05) is 6.92 Å². The van der Waals surface area contributed by atoms with Gasteiger partial charge in [0.1, 0.15) is 0 Å². The molecule has 17 heavy (non-hydrogen) atoms. The van der Waals surface area contributed by atoms with E-state index < -0.39 is 18.9 Å². The van der Waals surface area contributed by atoms with E-state index in [0.29, 0.717) is 5.56 Å². The Balaban J connectivity index is 2.35. The molecule has 98 valence electrons. The van der Waals surface area contributed by atoms with E-state index in [1.165, 1.54) is 6.20 Å². The lowest BCUT2D eigenvalue weighted by atomic mass is 10.3. The molecule has 1 aromatic heterocycles. The Labute approximate surface area is 96.8 Å². The van der Waals surface area contributed by atoms with Gasteiger partial charge in [-0.05, 0) is 6.42 Å². The monoisotopic (exact) mass is 253 g/mol. The summed E-state index contributed by atoms with van der Waals surface area (Å²) in [5, 5.41) is 6.29. The van der Waals surface area contributed by atoms with Crippen molar-refractivity contribution in [2.45, 2.75) is 38.8 Å². The number of aryl methyl sites for hydroxylation is 1. The molecule has 0 aliphatic carbocycles. The minimum Gasteiger partial charge on any atom is -0.307 e. The van der Waals surface area contributed by atoms with Gasteiger partial charge in [-0.25, -0.2) is 8.78 Å². The van der Waals surface area contributed by atoms with Gasteiger partial charge in [-0.2, -0.15) is 13.9 Å². The van der Waals surface area contributed by atoms with Crippen LogP contribution in [-0.2, 0) is 13.1 Å². The summed E-state index contributed by atoms with van der Waals surface area (Å²) >= 11 is 0. The van der Waals surface area contributed by atoms with Crippen molar-refractivity contribution in [1.82, 2.24) is 15.1 Å². The number of alkyl halides is 4. The molecular weight excluding hydrogens is 238 g/mol. The van der Waals surface area contributed by atoms with Gasteiger partial charge in [-0.15, -0.1) is 0 Å². The van der Waals surface area contributed by atoms with Crippen molar-refractivity contribution in [2.75, 3.05) is 6.54 Å². The second kappa shape index (κ2) is 6.00. The first-order valence-electron chi connectivity index (χ1n) is 5.33. The van der Waals surface area contributed by atoms with Crippen molar-refractivity contribution in [3.8, 4) is 0 Å². The summed E-state index contributed by atoms with van der Waals surface area (Å²) in [5.74, 6) is -3.99. The normalized spacial score (nSPS) is 12.4. The quantitative estimate of drug-likeness (QED) is 0.755. The van der Waals surface area contributed by atoms with E-state index in [0.717, 1.165) is 13.0 Å². The number of hydrogen-bond donors (Lipinski definition) is 1. The zero-order chi connectivity index (χ0) is 12.9. The summed E-state index contributed by atoms with van der Waals surface area (Å²) in [6, 6.07) is 0. The van der Waals surface area contributed by atoms with Crippen LogP contribution in [0, 0.1) is 0 Å². The van der Waals surface area contributed by atoms with Crippen LogP contribution in [0.15, 0.2) is 12.4 Å². The number of halogens is 4. The van der Waals surface area contributed by atoms with Gasteiger partial charge in [0.15, 0.2) is 0 Å². The molecule has 0 atom stereocenters. The Kier molecular flexibility index (Phi) is 4.92. The molecule has 0 spiro atoms. The maximum atomic E-state index is 12.5. The number of nitrogens with zero attached hydrogens (tertiary/aromatic N) is 2. The van der Waals surface area contributed by atoms with Crippen LogP contribution in [0.4, 0.5) is 17.6 Å². The highest BCUT2D eigenvalue weighted by molar-refractivity contribution is 5.03. The predicted octanol–water partition coefficient (Wildman–Crippen LogP) is 2.28. The fourth-order valence-corrected chi connectivity index (χ4v) is 1.30. The summed E-state index contributed by atoms with van der Waals surface area (Å²) in [7, 11) is 0. The molecule has 1 aromatic rings. The first kappa shape index (κ1) is 14.0. The van der Waals surface area contributed by atoms with Crippen molar-refractivity contribution < 1.29 is 17.6 Å². The van der Waals surface area contributed by atoms with Gasteiger partial charge in [-0.3, -0.25) is 4.68 Å². The summed E-state index contributed by atoms with van der Waals surface area (Å²) < 4.78 is 50.4. The minimum absolute atomic E-state index is 0.103. The molecule has 1 N–H and O–H groups in total. The molecule has 0 amide bonds. The minimum atomic E-state index is -3.99. The van der Waals surface area contributed by atoms with Gasteiger partial charge in [-0.1, -0.05) is 6.92 Å². The first-order valence-corrected chi connectivity index (χ1v) is 5.33. The van der Waals surface area contributed by atoms with Gasteiger partial charge in [0, 0.05) is 24.8 Å². The zero-order valence-electron chi connectivity index (χ0n) is 9.47. The van der Waals surface area contributed by atoms with Gasteiger partial charge in [0.2, 0.25) is 0 Å². The fourth-order valence-electron chi connectivity index (χ4n) is 1.30. The second-order valence-corrected chi connectivity index (χ2v) is 3.78. The molecule has 0 unspecified atom stereocenters. The van der Waals surface area contributed by atoms with Crippen LogP contribution in [0.3, 0.4) is 0 Å². The number of rotatable bonds is 7. The van der Waals surface area contributed by atoms with E-state index in [4.69, 9.17) is 0 Å².